The molecule has 172 valence electrons. The van der Waals surface area contributed by atoms with Gasteiger partial charge in [0.05, 0.1) is 5.92 Å². The Kier molecular flexibility index (Phi) is 6.66. The minimum absolute atomic E-state index is 0.0674. The second kappa shape index (κ2) is 9.46. The van der Waals surface area contributed by atoms with Crippen LogP contribution in [0.15, 0.2) is 41.4 Å². The molecule has 1 aromatic heterocycles. The van der Waals surface area contributed by atoms with E-state index < -0.39 is 15.9 Å². The van der Waals surface area contributed by atoms with E-state index in [2.05, 4.69) is 10.3 Å². The highest BCUT2D eigenvalue weighted by molar-refractivity contribution is 7.89. The zero-order chi connectivity index (χ0) is 22.7. The van der Waals surface area contributed by atoms with Crippen molar-refractivity contribution in [2.24, 2.45) is 5.92 Å². The van der Waals surface area contributed by atoms with Crippen molar-refractivity contribution < 1.29 is 18.0 Å². The smallest absolute Gasteiger partial charge is 0.270 e. The van der Waals surface area contributed by atoms with E-state index in [1.54, 1.807) is 4.90 Å². The van der Waals surface area contributed by atoms with Crippen LogP contribution in [0.25, 0.3) is 0 Å². The zero-order valence-corrected chi connectivity index (χ0v) is 19.2. The van der Waals surface area contributed by atoms with Crippen LogP contribution in [0.3, 0.4) is 0 Å². The van der Waals surface area contributed by atoms with E-state index in [-0.39, 0.29) is 28.9 Å². The second-order valence-corrected chi connectivity index (χ2v) is 10.5. The number of para-hydroxylation sites is 1. The van der Waals surface area contributed by atoms with Gasteiger partial charge in [-0.1, -0.05) is 18.2 Å². The number of aromatic nitrogens is 1. The first-order chi connectivity index (χ1) is 15.4. The minimum atomic E-state index is -3.80. The first-order valence-electron chi connectivity index (χ1n) is 11.2. The first-order valence-corrected chi connectivity index (χ1v) is 12.6. The van der Waals surface area contributed by atoms with E-state index in [1.807, 2.05) is 31.2 Å². The molecular weight excluding hydrogens is 428 g/mol. The van der Waals surface area contributed by atoms with Crippen LogP contribution in [0.5, 0.6) is 0 Å². The van der Waals surface area contributed by atoms with Gasteiger partial charge in [-0.3, -0.25) is 9.59 Å². The molecule has 1 aromatic carbocycles. The lowest BCUT2D eigenvalue weighted by Gasteiger charge is -2.31. The van der Waals surface area contributed by atoms with Crippen molar-refractivity contribution in [3.05, 3.63) is 47.8 Å². The zero-order valence-electron chi connectivity index (χ0n) is 18.3. The first kappa shape index (κ1) is 22.5. The highest BCUT2D eigenvalue weighted by Gasteiger charge is 2.34. The number of nitrogens with zero attached hydrogens (tertiary/aromatic N) is 2. The van der Waals surface area contributed by atoms with Crippen LogP contribution in [0.1, 0.15) is 48.2 Å². The predicted octanol–water partition coefficient (Wildman–Crippen LogP) is 2.99. The van der Waals surface area contributed by atoms with Crippen LogP contribution in [-0.2, 0) is 14.8 Å². The van der Waals surface area contributed by atoms with Crippen molar-refractivity contribution >= 4 is 27.5 Å². The van der Waals surface area contributed by atoms with Gasteiger partial charge in [-0.05, 0) is 56.7 Å². The Labute approximate surface area is 189 Å². The number of aryl methyl sites for hydroxylation is 1. The molecule has 0 saturated carbocycles. The third kappa shape index (κ3) is 4.73. The van der Waals surface area contributed by atoms with Crippen molar-refractivity contribution in [3.8, 4) is 0 Å². The van der Waals surface area contributed by atoms with Crippen LogP contribution in [0, 0.1) is 12.8 Å². The fourth-order valence-electron chi connectivity index (χ4n) is 4.39. The molecule has 2 amide bonds. The molecule has 2 aromatic rings. The topological polar surface area (TPSA) is 103 Å². The number of piperidine rings is 2. The maximum absolute atomic E-state index is 13.2. The van der Waals surface area contributed by atoms with Gasteiger partial charge in [-0.25, -0.2) is 8.42 Å². The maximum atomic E-state index is 13.2. The molecule has 32 heavy (non-hydrogen) atoms. The number of benzene rings is 1. The molecule has 2 aliphatic rings. The number of hydrogen-bond donors (Lipinski definition) is 2. The molecule has 0 unspecified atom stereocenters. The number of rotatable bonds is 5. The molecule has 0 aliphatic carbocycles. The summed E-state index contributed by atoms with van der Waals surface area (Å²) in [6.07, 6.45) is 5.67. The summed E-state index contributed by atoms with van der Waals surface area (Å²) in [5, 5.41) is 2.93. The van der Waals surface area contributed by atoms with Crippen LogP contribution in [-0.4, -0.2) is 60.6 Å². The van der Waals surface area contributed by atoms with Crippen LogP contribution in [0.2, 0.25) is 0 Å². The molecule has 1 atom stereocenters. The molecule has 2 fully saturated rings. The van der Waals surface area contributed by atoms with E-state index >= 15 is 0 Å². The molecule has 9 heteroatoms. The highest BCUT2D eigenvalue weighted by atomic mass is 32.2. The monoisotopic (exact) mass is 458 g/mol. The standard InChI is InChI=1S/C23H30N4O4S/c1-17-8-3-4-10-20(17)25-22(28)18-9-7-13-27(16-18)32(30,31)19-14-21(24-15-19)23(29)26-11-5-2-6-12-26/h3-4,8,10,14-15,18,24H,2,5-7,9,11-13,16H2,1H3,(H,25,28)/t18-/m1/s1. The molecule has 0 radical (unpaired) electrons. The van der Waals surface area contributed by atoms with Crippen LogP contribution < -0.4 is 5.32 Å². The number of hydrogen-bond acceptors (Lipinski definition) is 4. The Balaban J connectivity index is 1.44. The van der Waals surface area contributed by atoms with Gasteiger partial charge in [-0.2, -0.15) is 4.31 Å². The van der Waals surface area contributed by atoms with Crippen molar-refractivity contribution in [3.63, 3.8) is 0 Å². The van der Waals surface area contributed by atoms with E-state index in [1.165, 1.54) is 16.6 Å². The third-order valence-corrected chi connectivity index (χ3v) is 8.17. The lowest BCUT2D eigenvalue weighted by atomic mass is 9.98. The number of H-pyrrole nitrogens is 1. The van der Waals surface area contributed by atoms with Gasteiger partial charge >= 0.3 is 0 Å². The summed E-state index contributed by atoms with van der Waals surface area (Å²) in [6.45, 7) is 3.80. The molecule has 2 N–H and O–H groups in total. The summed E-state index contributed by atoms with van der Waals surface area (Å²) < 4.78 is 27.8. The Hall–Kier alpha value is -2.65. The predicted molar refractivity (Wildman–Crippen MR) is 122 cm³/mol. The molecule has 4 rings (SSSR count). The van der Waals surface area contributed by atoms with Gasteiger partial charge in [0.1, 0.15) is 10.6 Å². The Bertz CT molecular complexity index is 1090. The molecular formula is C23H30N4O4S. The molecule has 0 spiro atoms. The number of anilines is 1. The van der Waals surface area contributed by atoms with E-state index in [0.717, 1.165) is 30.5 Å². The van der Waals surface area contributed by atoms with Gasteiger partial charge in [0, 0.05) is 38.1 Å². The summed E-state index contributed by atoms with van der Waals surface area (Å²) in [6, 6.07) is 8.94. The number of likely N-dealkylation sites (tertiary alicyclic amines) is 1. The van der Waals surface area contributed by atoms with Crippen LogP contribution in [0.4, 0.5) is 5.69 Å². The SMILES string of the molecule is Cc1ccccc1NC(=O)[C@@H]1CCCN(S(=O)(=O)c2c[nH]c(C(=O)N3CCCCC3)c2)C1. The number of amides is 2. The average Bonchev–Trinajstić information content (AvgIpc) is 3.32. The number of carbonyl (C=O) groups excluding carboxylic acids is 2. The number of nitrogens with one attached hydrogen (secondary N) is 2. The van der Waals surface area contributed by atoms with Gasteiger partial charge in [0.25, 0.3) is 5.91 Å². The third-order valence-electron chi connectivity index (χ3n) is 6.33. The summed E-state index contributed by atoms with van der Waals surface area (Å²) in [7, 11) is -3.80. The van der Waals surface area contributed by atoms with Crippen molar-refractivity contribution in [2.75, 3.05) is 31.5 Å². The van der Waals surface area contributed by atoms with Gasteiger partial charge in [-0.15, -0.1) is 0 Å². The molecule has 8 nitrogen and oxygen atoms in total. The second-order valence-electron chi connectivity index (χ2n) is 8.61. The molecule has 0 bridgehead atoms. The number of carbonyl (C=O) groups is 2. The summed E-state index contributed by atoms with van der Waals surface area (Å²) in [5.41, 5.74) is 1.99. The molecule has 3 heterocycles. The Morgan fingerprint density at radius 2 is 1.81 bits per heavy atom. The number of aromatic amines is 1. The van der Waals surface area contributed by atoms with Crippen molar-refractivity contribution in [2.45, 2.75) is 43.9 Å². The fourth-order valence-corrected chi connectivity index (χ4v) is 5.90. The summed E-state index contributed by atoms with van der Waals surface area (Å²) >= 11 is 0. The highest BCUT2D eigenvalue weighted by Crippen LogP contribution is 2.26. The van der Waals surface area contributed by atoms with Gasteiger partial charge in [0.15, 0.2) is 0 Å². The average molecular weight is 459 g/mol. The molecule has 2 saturated heterocycles. The van der Waals surface area contributed by atoms with E-state index in [4.69, 9.17) is 0 Å². The van der Waals surface area contributed by atoms with Gasteiger partial charge < -0.3 is 15.2 Å². The van der Waals surface area contributed by atoms with Crippen molar-refractivity contribution in [1.82, 2.24) is 14.2 Å². The minimum Gasteiger partial charge on any atom is -0.356 e. The lowest BCUT2D eigenvalue weighted by molar-refractivity contribution is -0.120. The normalized spacial score (nSPS) is 20.2. The van der Waals surface area contributed by atoms with E-state index in [0.29, 0.717) is 32.5 Å². The Morgan fingerprint density at radius 3 is 2.56 bits per heavy atom. The molecule has 2 aliphatic heterocycles. The van der Waals surface area contributed by atoms with E-state index in [9.17, 15) is 18.0 Å². The van der Waals surface area contributed by atoms with Crippen molar-refractivity contribution in [1.29, 1.82) is 0 Å². The maximum Gasteiger partial charge on any atom is 0.270 e. The largest absolute Gasteiger partial charge is 0.356 e. The fraction of sp³-hybridized carbons (Fsp3) is 0.478. The lowest BCUT2D eigenvalue weighted by Crippen LogP contribution is -2.43. The quantitative estimate of drug-likeness (QED) is 0.719. The number of sulfonamides is 1. The Morgan fingerprint density at radius 1 is 1.06 bits per heavy atom. The van der Waals surface area contributed by atoms with Gasteiger partial charge in [0.2, 0.25) is 15.9 Å². The van der Waals surface area contributed by atoms with Crippen LogP contribution >= 0.6 is 0 Å². The summed E-state index contributed by atoms with van der Waals surface area (Å²) in [4.78, 5) is 30.2. The summed E-state index contributed by atoms with van der Waals surface area (Å²) in [5.74, 6) is -0.763.